The van der Waals surface area contributed by atoms with Crippen molar-refractivity contribution in [1.82, 2.24) is 10.2 Å². The second-order valence-corrected chi connectivity index (χ2v) is 5.70. The molecule has 2 rings (SSSR count). The standard InChI is InChI=1S/C19H20FN3O/c1-23(14-17-4-2-15(12-21)3-5-17)11-10-19(24)22-13-16-6-8-18(20)9-7-16/h2-9H,10-11,13-14H2,1H3,(H,22,24). The maximum Gasteiger partial charge on any atom is 0.221 e. The minimum Gasteiger partial charge on any atom is -0.352 e. The molecule has 2 aromatic carbocycles. The Hall–Kier alpha value is -2.71. The number of carbonyl (C=O) groups excluding carboxylic acids is 1. The van der Waals surface area contributed by atoms with E-state index in [1.807, 2.05) is 19.2 Å². The van der Waals surface area contributed by atoms with Gasteiger partial charge in [-0.3, -0.25) is 4.79 Å². The Bertz CT molecular complexity index is 705. The summed E-state index contributed by atoms with van der Waals surface area (Å²) < 4.78 is 12.8. The van der Waals surface area contributed by atoms with Crippen LogP contribution in [-0.4, -0.2) is 24.4 Å². The average Bonchev–Trinajstić information content (AvgIpc) is 2.60. The molecule has 24 heavy (non-hydrogen) atoms. The first kappa shape index (κ1) is 17.6. The zero-order valence-corrected chi connectivity index (χ0v) is 13.6. The maximum atomic E-state index is 12.8. The molecular formula is C19H20FN3O. The molecule has 0 saturated heterocycles. The largest absolute Gasteiger partial charge is 0.352 e. The number of rotatable bonds is 7. The molecule has 0 atom stereocenters. The van der Waals surface area contributed by atoms with Gasteiger partial charge in [-0.05, 0) is 42.4 Å². The molecule has 0 unspecified atom stereocenters. The highest BCUT2D eigenvalue weighted by molar-refractivity contribution is 5.76. The van der Waals surface area contributed by atoms with E-state index >= 15 is 0 Å². The Morgan fingerprint density at radius 1 is 1.12 bits per heavy atom. The van der Waals surface area contributed by atoms with Crippen molar-refractivity contribution in [1.29, 1.82) is 5.26 Å². The first-order chi connectivity index (χ1) is 11.6. The molecule has 124 valence electrons. The summed E-state index contributed by atoms with van der Waals surface area (Å²) in [4.78, 5) is 13.9. The van der Waals surface area contributed by atoms with Gasteiger partial charge in [0.15, 0.2) is 0 Å². The molecule has 1 amide bonds. The van der Waals surface area contributed by atoms with Crippen molar-refractivity contribution in [3.8, 4) is 6.07 Å². The summed E-state index contributed by atoms with van der Waals surface area (Å²) >= 11 is 0. The van der Waals surface area contributed by atoms with Crippen LogP contribution < -0.4 is 5.32 Å². The van der Waals surface area contributed by atoms with E-state index in [1.165, 1.54) is 12.1 Å². The van der Waals surface area contributed by atoms with Crippen molar-refractivity contribution in [3.05, 3.63) is 71.0 Å². The molecule has 0 aliphatic rings. The van der Waals surface area contributed by atoms with E-state index in [-0.39, 0.29) is 11.7 Å². The van der Waals surface area contributed by atoms with Gasteiger partial charge in [0, 0.05) is 26.1 Å². The third kappa shape index (κ3) is 5.82. The predicted molar refractivity (Wildman–Crippen MR) is 90.4 cm³/mol. The number of carbonyl (C=O) groups is 1. The van der Waals surface area contributed by atoms with Crippen LogP contribution in [0.4, 0.5) is 4.39 Å². The molecule has 0 bridgehead atoms. The van der Waals surface area contributed by atoms with Crippen LogP contribution in [0.2, 0.25) is 0 Å². The van der Waals surface area contributed by atoms with Crippen LogP contribution in [0.1, 0.15) is 23.1 Å². The summed E-state index contributed by atoms with van der Waals surface area (Å²) in [6, 6.07) is 15.6. The van der Waals surface area contributed by atoms with Crippen molar-refractivity contribution < 1.29 is 9.18 Å². The van der Waals surface area contributed by atoms with Crippen LogP contribution in [0.25, 0.3) is 0 Å². The summed E-state index contributed by atoms with van der Waals surface area (Å²) in [5, 5.41) is 11.6. The molecule has 0 radical (unpaired) electrons. The van der Waals surface area contributed by atoms with Crippen LogP contribution >= 0.6 is 0 Å². The van der Waals surface area contributed by atoms with Gasteiger partial charge in [-0.2, -0.15) is 5.26 Å². The van der Waals surface area contributed by atoms with Gasteiger partial charge in [-0.15, -0.1) is 0 Å². The van der Waals surface area contributed by atoms with Gasteiger partial charge in [-0.25, -0.2) is 4.39 Å². The molecule has 0 aliphatic heterocycles. The van der Waals surface area contributed by atoms with Gasteiger partial charge in [0.1, 0.15) is 5.82 Å². The molecule has 0 aromatic heterocycles. The molecular weight excluding hydrogens is 305 g/mol. The quantitative estimate of drug-likeness (QED) is 0.851. The fourth-order valence-corrected chi connectivity index (χ4v) is 2.26. The highest BCUT2D eigenvalue weighted by Gasteiger charge is 2.06. The lowest BCUT2D eigenvalue weighted by atomic mass is 10.1. The van der Waals surface area contributed by atoms with Crippen molar-refractivity contribution in [2.24, 2.45) is 0 Å². The van der Waals surface area contributed by atoms with Crippen LogP contribution in [0, 0.1) is 17.1 Å². The zero-order valence-electron chi connectivity index (χ0n) is 13.6. The number of hydrogen-bond acceptors (Lipinski definition) is 3. The molecule has 0 heterocycles. The fourth-order valence-electron chi connectivity index (χ4n) is 2.26. The Labute approximate surface area is 141 Å². The monoisotopic (exact) mass is 325 g/mol. The minimum atomic E-state index is -0.283. The van der Waals surface area contributed by atoms with Gasteiger partial charge in [0.25, 0.3) is 0 Å². The molecule has 0 saturated carbocycles. The van der Waals surface area contributed by atoms with Crippen LogP contribution in [0.3, 0.4) is 0 Å². The molecule has 1 N–H and O–H groups in total. The highest BCUT2D eigenvalue weighted by atomic mass is 19.1. The lowest BCUT2D eigenvalue weighted by Gasteiger charge is -2.16. The summed E-state index contributed by atoms with van der Waals surface area (Å²) in [6.07, 6.45) is 0.397. The topological polar surface area (TPSA) is 56.1 Å². The number of halogens is 1. The summed E-state index contributed by atoms with van der Waals surface area (Å²) in [5.74, 6) is -0.319. The van der Waals surface area contributed by atoms with Gasteiger partial charge in [0.2, 0.25) is 5.91 Å². The minimum absolute atomic E-state index is 0.0361. The summed E-state index contributed by atoms with van der Waals surface area (Å²) in [7, 11) is 1.95. The van der Waals surface area contributed by atoms with E-state index in [0.717, 1.165) is 17.7 Å². The molecule has 0 fully saturated rings. The number of amides is 1. The van der Waals surface area contributed by atoms with Crippen LogP contribution in [-0.2, 0) is 17.9 Å². The maximum absolute atomic E-state index is 12.8. The lowest BCUT2D eigenvalue weighted by molar-refractivity contribution is -0.121. The molecule has 0 spiro atoms. The summed E-state index contributed by atoms with van der Waals surface area (Å²) in [6.45, 7) is 1.75. The lowest BCUT2D eigenvalue weighted by Crippen LogP contribution is -2.28. The van der Waals surface area contributed by atoms with E-state index in [9.17, 15) is 9.18 Å². The first-order valence-electron chi connectivity index (χ1n) is 7.75. The van der Waals surface area contributed by atoms with E-state index in [1.54, 1.807) is 24.3 Å². The normalized spacial score (nSPS) is 10.4. The Morgan fingerprint density at radius 2 is 1.75 bits per heavy atom. The second-order valence-electron chi connectivity index (χ2n) is 5.70. The average molecular weight is 325 g/mol. The number of nitriles is 1. The van der Waals surface area contributed by atoms with Crippen molar-refractivity contribution in [2.75, 3.05) is 13.6 Å². The van der Waals surface area contributed by atoms with E-state index < -0.39 is 0 Å². The third-order valence-corrected chi connectivity index (χ3v) is 3.66. The Morgan fingerprint density at radius 3 is 2.38 bits per heavy atom. The van der Waals surface area contributed by atoms with Gasteiger partial charge in [-0.1, -0.05) is 24.3 Å². The molecule has 5 heteroatoms. The predicted octanol–water partition coefficient (Wildman–Crippen LogP) is 2.84. The smallest absolute Gasteiger partial charge is 0.221 e. The second kappa shape index (κ2) is 8.80. The zero-order chi connectivity index (χ0) is 17.4. The highest BCUT2D eigenvalue weighted by Crippen LogP contribution is 2.06. The first-order valence-corrected chi connectivity index (χ1v) is 7.75. The van der Waals surface area contributed by atoms with E-state index in [4.69, 9.17) is 5.26 Å². The SMILES string of the molecule is CN(CCC(=O)NCc1ccc(F)cc1)Cc1ccc(C#N)cc1. The molecule has 2 aromatic rings. The fraction of sp³-hybridized carbons (Fsp3) is 0.263. The number of benzene rings is 2. The van der Waals surface area contributed by atoms with Crippen molar-refractivity contribution >= 4 is 5.91 Å². The van der Waals surface area contributed by atoms with Gasteiger partial charge < -0.3 is 10.2 Å². The van der Waals surface area contributed by atoms with E-state index in [2.05, 4.69) is 16.3 Å². The van der Waals surface area contributed by atoms with E-state index in [0.29, 0.717) is 25.1 Å². The van der Waals surface area contributed by atoms with Gasteiger partial charge >= 0.3 is 0 Å². The number of nitrogens with zero attached hydrogens (tertiary/aromatic N) is 2. The van der Waals surface area contributed by atoms with Crippen LogP contribution in [0.15, 0.2) is 48.5 Å². The Kier molecular flexibility index (Phi) is 6.47. The summed E-state index contributed by atoms with van der Waals surface area (Å²) in [5.41, 5.74) is 2.61. The number of nitrogens with one attached hydrogen (secondary N) is 1. The third-order valence-electron chi connectivity index (χ3n) is 3.66. The number of hydrogen-bond donors (Lipinski definition) is 1. The van der Waals surface area contributed by atoms with Crippen LogP contribution in [0.5, 0.6) is 0 Å². The molecule has 0 aliphatic carbocycles. The van der Waals surface area contributed by atoms with Crippen molar-refractivity contribution in [2.45, 2.75) is 19.5 Å². The Balaban J connectivity index is 1.70. The van der Waals surface area contributed by atoms with Crippen molar-refractivity contribution in [3.63, 3.8) is 0 Å². The molecule has 4 nitrogen and oxygen atoms in total. The van der Waals surface area contributed by atoms with Gasteiger partial charge in [0.05, 0.1) is 11.6 Å².